The maximum atomic E-state index is 13.0. The number of carbonyl (C=O) groups excluding carboxylic acids is 1. The molecule has 0 fully saturated rings. The highest BCUT2D eigenvalue weighted by molar-refractivity contribution is 6.01. The van der Waals surface area contributed by atoms with Gasteiger partial charge in [0.1, 0.15) is 18.5 Å². The number of aliphatic hydroxyl groups is 1. The molecule has 2 aromatic rings. The Kier molecular flexibility index (Phi) is 6.53. The lowest BCUT2D eigenvalue weighted by Gasteiger charge is -2.26. The Bertz CT molecular complexity index is 795. The van der Waals surface area contributed by atoms with E-state index in [0.29, 0.717) is 6.54 Å². The summed E-state index contributed by atoms with van der Waals surface area (Å²) in [6.07, 6.45) is 1.84. The van der Waals surface area contributed by atoms with Crippen LogP contribution in [-0.2, 0) is 12.8 Å². The van der Waals surface area contributed by atoms with Gasteiger partial charge in [-0.3, -0.25) is 4.79 Å². The standard InChI is InChI=1S/C24H31NO3/c1-24(2,3)25-15-19(26)16-28-22-11-7-10-21-20(22)13-12-18(23(21)27)14-17-8-5-4-6-9-17/h4-11,18-19,25-26H,12-16H2,1-3H3/t18-,19-/m1/s1. The number of hydrogen-bond donors (Lipinski definition) is 2. The highest BCUT2D eigenvalue weighted by Crippen LogP contribution is 2.33. The van der Waals surface area contributed by atoms with E-state index in [1.54, 1.807) is 0 Å². The third-order valence-corrected chi connectivity index (χ3v) is 5.14. The summed E-state index contributed by atoms with van der Waals surface area (Å²) in [6, 6.07) is 15.9. The van der Waals surface area contributed by atoms with Crippen LogP contribution in [0.25, 0.3) is 0 Å². The minimum Gasteiger partial charge on any atom is -0.491 e. The van der Waals surface area contributed by atoms with E-state index in [2.05, 4.69) is 38.2 Å². The van der Waals surface area contributed by atoms with Crippen molar-refractivity contribution in [3.63, 3.8) is 0 Å². The second kappa shape index (κ2) is 8.89. The van der Waals surface area contributed by atoms with Crippen LogP contribution in [0.2, 0.25) is 0 Å². The Balaban J connectivity index is 1.64. The summed E-state index contributed by atoms with van der Waals surface area (Å²) in [7, 11) is 0. The molecule has 0 spiro atoms. The predicted molar refractivity (Wildman–Crippen MR) is 112 cm³/mol. The van der Waals surface area contributed by atoms with Crippen LogP contribution in [0.3, 0.4) is 0 Å². The van der Waals surface area contributed by atoms with Gasteiger partial charge in [-0.15, -0.1) is 0 Å². The third-order valence-electron chi connectivity index (χ3n) is 5.14. The molecule has 150 valence electrons. The normalized spacial score (nSPS) is 17.9. The number of benzene rings is 2. The average Bonchev–Trinajstić information content (AvgIpc) is 2.67. The van der Waals surface area contributed by atoms with Gasteiger partial charge in [-0.05, 0) is 51.7 Å². The first-order valence-electron chi connectivity index (χ1n) is 10.1. The molecule has 0 heterocycles. The van der Waals surface area contributed by atoms with Crippen LogP contribution in [-0.4, -0.2) is 35.7 Å². The Labute approximate surface area is 167 Å². The fraction of sp³-hybridized carbons (Fsp3) is 0.458. The molecule has 4 nitrogen and oxygen atoms in total. The lowest BCUT2D eigenvalue weighted by atomic mass is 9.79. The maximum absolute atomic E-state index is 13.0. The first-order chi connectivity index (χ1) is 13.3. The van der Waals surface area contributed by atoms with E-state index in [1.165, 1.54) is 5.56 Å². The first-order valence-corrected chi connectivity index (χ1v) is 10.1. The number of rotatable bonds is 7. The van der Waals surface area contributed by atoms with Crippen molar-refractivity contribution in [1.29, 1.82) is 0 Å². The van der Waals surface area contributed by atoms with Crippen molar-refractivity contribution in [2.24, 2.45) is 5.92 Å². The van der Waals surface area contributed by atoms with Gasteiger partial charge in [0.2, 0.25) is 0 Å². The highest BCUT2D eigenvalue weighted by atomic mass is 16.5. The minimum atomic E-state index is -0.597. The molecule has 3 rings (SSSR count). The zero-order valence-corrected chi connectivity index (χ0v) is 17.1. The van der Waals surface area contributed by atoms with Crippen molar-refractivity contribution in [2.45, 2.75) is 51.7 Å². The molecule has 1 aliphatic carbocycles. The van der Waals surface area contributed by atoms with Crippen molar-refractivity contribution in [3.05, 3.63) is 65.2 Å². The summed E-state index contributed by atoms with van der Waals surface area (Å²) in [5.41, 5.74) is 2.90. The average molecular weight is 382 g/mol. The summed E-state index contributed by atoms with van der Waals surface area (Å²) >= 11 is 0. The number of fused-ring (bicyclic) bond motifs is 1. The summed E-state index contributed by atoms with van der Waals surface area (Å²) in [5.74, 6) is 0.941. The molecule has 0 bridgehead atoms. The molecule has 28 heavy (non-hydrogen) atoms. The van der Waals surface area contributed by atoms with E-state index >= 15 is 0 Å². The molecule has 0 aromatic heterocycles. The van der Waals surface area contributed by atoms with Gasteiger partial charge < -0.3 is 15.2 Å². The number of β-amino-alcohol motifs (C(OH)–C–C–N with tert-alkyl or cyclic N) is 1. The molecule has 0 amide bonds. The number of aliphatic hydroxyl groups excluding tert-OH is 1. The van der Waals surface area contributed by atoms with Gasteiger partial charge in [-0.25, -0.2) is 0 Å². The molecule has 2 N–H and O–H groups in total. The molecule has 0 unspecified atom stereocenters. The van der Waals surface area contributed by atoms with Crippen molar-refractivity contribution < 1.29 is 14.6 Å². The Morgan fingerprint density at radius 1 is 1.14 bits per heavy atom. The van der Waals surface area contributed by atoms with E-state index in [1.807, 2.05) is 36.4 Å². The fourth-order valence-corrected chi connectivity index (χ4v) is 3.62. The van der Waals surface area contributed by atoms with Gasteiger partial charge >= 0.3 is 0 Å². The predicted octanol–water partition coefficient (Wildman–Crippen LogP) is 3.80. The van der Waals surface area contributed by atoms with Crippen LogP contribution >= 0.6 is 0 Å². The largest absolute Gasteiger partial charge is 0.491 e. The number of hydrogen-bond acceptors (Lipinski definition) is 4. The summed E-state index contributed by atoms with van der Waals surface area (Å²) in [4.78, 5) is 13.0. The smallest absolute Gasteiger partial charge is 0.166 e. The molecule has 0 aliphatic heterocycles. The fourth-order valence-electron chi connectivity index (χ4n) is 3.62. The SMILES string of the molecule is CC(C)(C)NC[C@@H](O)COc1cccc2c1CC[C@H](Cc1ccccc1)C2=O. The van der Waals surface area contributed by atoms with Gasteiger partial charge in [-0.2, -0.15) is 0 Å². The first kappa shape index (κ1) is 20.6. The summed E-state index contributed by atoms with van der Waals surface area (Å²) in [6.45, 7) is 6.86. The van der Waals surface area contributed by atoms with Crippen LogP contribution in [0, 0.1) is 5.92 Å². The third kappa shape index (κ3) is 5.43. The van der Waals surface area contributed by atoms with Crippen LogP contribution in [0.5, 0.6) is 5.75 Å². The van der Waals surface area contributed by atoms with Gasteiger partial charge in [0, 0.05) is 29.1 Å². The van der Waals surface area contributed by atoms with Crippen molar-refractivity contribution >= 4 is 5.78 Å². The lowest BCUT2D eigenvalue weighted by Crippen LogP contribution is -2.42. The number of nitrogens with one attached hydrogen (secondary N) is 1. The molecule has 2 atom stereocenters. The molecule has 0 saturated carbocycles. The quantitative estimate of drug-likeness (QED) is 0.766. The lowest BCUT2D eigenvalue weighted by molar-refractivity contribution is 0.0893. The van der Waals surface area contributed by atoms with Crippen LogP contribution in [0.1, 0.15) is 48.7 Å². The number of ketones is 1. The van der Waals surface area contributed by atoms with E-state index < -0.39 is 6.10 Å². The highest BCUT2D eigenvalue weighted by Gasteiger charge is 2.29. The van der Waals surface area contributed by atoms with E-state index in [9.17, 15) is 9.90 Å². The summed E-state index contributed by atoms with van der Waals surface area (Å²) in [5, 5.41) is 13.5. The molecule has 0 saturated heterocycles. The summed E-state index contributed by atoms with van der Waals surface area (Å²) < 4.78 is 5.89. The van der Waals surface area contributed by atoms with Crippen molar-refractivity contribution in [1.82, 2.24) is 5.32 Å². The van der Waals surface area contributed by atoms with Crippen molar-refractivity contribution in [3.8, 4) is 5.75 Å². The monoisotopic (exact) mass is 381 g/mol. The topological polar surface area (TPSA) is 58.6 Å². The molecular formula is C24H31NO3. The Morgan fingerprint density at radius 3 is 2.61 bits per heavy atom. The Morgan fingerprint density at radius 2 is 1.89 bits per heavy atom. The zero-order valence-electron chi connectivity index (χ0n) is 17.1. The van der Waals surface area contributed by atoms with Gasteiger partial charge in [0.05, 0.1) is 0 Å². The van der Waals surface area contributed by atoms with Crippen molar-refractivity contribution in [2.75, 3.05) is 13.2 Å². The van der Waals surface area contributed by atoms with Crippen LogP contribution in [0.15, 0.2) is 48.5 Å². The minimum absolute atomic E-state index is 0.0201. The number of Topliss-reactive ketones (excluding diaryl/α,β-unsaturated/α-hetero) is 1. The zero-order chi connectivity index (χ0) is 20.1. The van der Waals surface area contributed by atoms with Crippen LogP contribution in [0.4, 0.5) is 0 Å². The molecule has 4 heteroatoms. The maximum Gasteiger partial charge on any atom is 0.166 e. The van der Waals surface area contributed by atoms with Crippen LogP contribution < -0.4 is 10.1 Å². The molecule has 0 radical (unpaired) electrons. The van der Waals surface area contributed by atoms with Gasteiger partial charge in [0.25, 0.3) is 0 Å². The second-order valence-electron chi connectivity index (χ2n) is 8.67. The van der Waals surface area contributed by atoms with E-state index in [0.717, 1.165) is 36.1 Å². The number of ether oxygens (including phenoxy) is 1. The van der Waals surface area contributed by atoms with E-state index in [-0.39, 0.29) is 23.8 Å². The molecular weight excluding hydrogens is 350 g/mol. The van der Waals surface area contributed by atoms with Gasteiger partial charge in [-0.1, -0.05) is 42.5 Å². The second-order valence-corrected chi connectivity index (χ2v) is 8.67. The Hall–Kier alpha value is -2.17. The van der Waals surface area contributed by atoms with Gasteiger partial charge in [0.15, 0.2) is 5.78 Å². The molecule has 1 aliphatic rings. The number of carbonyl (C=O) groups is 1. The van der Waals surface area contributed by atoms with E-state index in [4.69, 9.17) is 4.74 Å². The molecule has 2 aromatic carbocycles.